The minimum absolute atomic E-state index is 0.0508. The van der Waals surface area contributed by atoms with Crippen LogP contribution in [0.5, 0.6) is 0 Å². The maximum absolute atomic E-state index is 13.3. The Morgan fingerprint density at radius 1 is 1.14 bits per heavy atom. The molecule has 1 saturated carbocycles. The number of carbonyl (C=O) groups excluding carboxylic acids is 2. The summed E-state index contributed by atoms with van der Waals surface area (Å²) in [5.74, 6) is -0.0903. The number of nitrogens with one attached hydrogen (secondary N) is 1. The third-order valence-electron chi connectivity index (χ3n) is 6.54. The van der Waals surface area contributed by atoms with Crippen LogP contribution in [0.15, 0.2) is 51.7 Å². The van der Waals surface area contributed by atoms with Crippen molar-refractivity contribution in [1.29, 1.82) is 0 Å². The van der Waals surface area contributed by atoms with E-state index in [9.17, 15) is 14.4 Å². The first-order chi connectivity index (χ1) is 14.0. The van der Waals surface area contributed by atoms with Gasteiger partial charge in [0.2, 0.25) is 0 Å². The van der Waals surface area contributed by atoms with Crippen LogP contribution in [0.1, 0.15) is 38.2 Å². The first-order valence-electron chi connectivity index (χ1n) is 10.1. The van der Waals surface area contributed by atoms with Gasteiger partial charge in [0, 0.05) is 11.5 Å². The largest absolute Gasteiger partial charge is 0.423 e. The number of nitrogens with zero attached hydrogens (tertiary/aromatic N) is 1. The summed E-state index contributed by atoms with van der Waals surface area (Å²) in [6, 6.07) is 12.5. The number of hydrogen-bond acceptors (Lipinski definition) is 4. The van der Waals surface area contributed by atoms with Gasteiger partial charge in [0.1, 0.15) is 11.1 Å². The molecule has 1 N–H and O–H groups in total. The van der Waals surface area contributed by atoms with E-state index in [-0.39, 0.29) is 24.4 Å². The lowest BCUT2D eigenvalue weighted by Crippen LogP contribution is -2.53. The second-order valence-electron chi connectivity index (χ2n) is 8.19. The number of carbonyl (C=O) groups is 2. The molecule has 3 amide bonds. The third-order valence-corrected chi connectivity index (χ3v) is 6.54. The highest BCUT2D eigenvalue weighted by molar-refractivity contribution is 6.09. The lowest BCUT2D eigenvalue weighted by Gasteiger charge is -2.36. The Balaban J connectivity index is 1.62. The second kappa shape index (κ2) is 6.44. The van der Waals surface area contributed by atoms with E-state index in [4.69, 9.17) is 4.42 Å². The number of urea groups is 1. The van der Waals surface area contributed by atoms with Crippen LogP contribution in [0, 0.1) is 5.92 Å². The van der Waals surface area contributed by atoms with Crippen molar-refractivity contribution in [3.8, 4) is 0 Å². The fourth-order valence-electron chi connectivity index (χ4n) is 4.95. The van der Waals surface area contributed by atoms with Crippen LogP contribution < -0.4 is 10.9 Å². The van der Waals surface area contributed by atoms with Gasteiger partial charge in [-0.05, 0) is 41.2 Å². The molecule has 5 rings (SSSR count). The zero-order chi connectivity index (χ0) is 20.2. The maximum Gasteiger partial charge on any atom is 0.336 e. The summed E-state index contributed by atoms with van der Waals surface area (Å²) in [7, 11) is 0. The Hall–Kier alpha value is -3.15. The monoisotopic (exact) mass is 390 g/mol. The van der Waals surface area contributed by atoms with Gasteiger partial charge in [-0.1, -0.05) is 50.1 Å². The van der Waals surface area contributed by atoms with Crippen LogP contribution >= 0.6 is 0 Å². The average Bonchev–Trinajstić information content (AvgIpc) is 2.94. The quantitative estimate of drug-likeness (QED) is 0.408. The van der Waals surface area contributed by atoms with Gasteiger partial charge in [0.25, 0.3) is 5.91 Å². The maximum atomic E-state index is 13.3. The van der Waals surface area contributed by atoms with Crippen LogP contribution in [0.3, 0.4) is 0 Å². The molecule has 0 radical (unpaired) electrons. The van der Waals surface area contributed by atoms with Crippen LogP contribution in [0.4, 0.5) is 4.79 Å². The van der Waals surface area contributed by atoms with Crippen LogP contribution in [-0.4, -0.2) is 22.4 Å². The predicted octanol–water partition coefficient (Wildman–Crippen LogP) is 3.95. The van der Waals surface area contributed by atoms with E-state index in [0.29, 0.717) is 17.6 Å². The molecular weight excluding hydrogens is 368 g/mol. The van der Waals surface area contributed by atoms with Gasteiger partial charge in [-0.15, -0.1) is 0 Å². The molecule has 2 aliphatic rings. The molecule has 3 aromatic rings. The van der Waals surface area contributed by atoms with Crippen LogP contribution in [0.2, 0.25) is 0 Å². The van der Waals surface area contributed by atoms with Crippen molar-refractivity contribution in [2.75, 3.05) is 0 Å². The zero-order valence-electron chi connectivity index (χ0n) is 16.2. The van der Waals surface area contributed by atoms with Gasteiger partial charge in [-0.25, -0.2) is 9.59 Å². The number of fused-ring (bicyclic) bond motifs is 3. The second-order valence-corrected chi connectivity index (χ2v) is 8.19. The average molecular weight is 390 g/mol. The van der Waals surface area contributed by atoms with E-state index in [1.54, 1.807) is 6.07 Å². The molecular formula is C23H22N2O4. The summed E-state index contributed by atoms with van der Waals surface area (Å²) in [4.78, 5) is 39.5. The highest BCUT2D eigenvalue weighted by atomic mass is 16.4. The van der Waals surface area contributed by atoms with Crippen LogP contribution in [0.25, 0.3) is 21.7 Å². The summed E-state index contributed by atoms with van der Waals surface area (Å²) in [6.07, 6.45) is 3.58. The van der Waals surface area contributed by atoms with Crippen molar-refractivity contribution >= 4 is 33.7 Å². The number of hydrogen-bond donors (Lipinski definition) is 1. The molecule has 148 valence electrons. The Morgan fingerprint density at radius 2 is 1.97 bits per heavy atom. The van der Waals surface area contributed by atoms with Gasteiger partial charge in [-0.2, -0.15) is 0 Å². The third kappa shape index (κ3) is 2.66. The Kier molecular flexibility index (Phi) is 3.98. The van der Waals surface area contributed by atoms with Crippen molar-refractivity contribution in [2.45, 2.75) is 44.7 Å². The highest BCUT2D eigenvalue weighted by Gasteiger charge is 2.54. The first kappa shape index (κ1) is 17.9. The molecule has 2 aromatic carbocycles. The molecule has 6 nitrogen and oxygen atoms in total. The number of amides is 3. The standard InChI is InChI=1S/C23H22N2O4/c1-14-6-4-5-11-23(14)21(27)25(22(28)24-23)13-16-12-19(26)29-18-10-9-15-7-2-3-8-17(15)20(16)18/h2-3,7-10,12,14H,4-6,11,13H2,1H3,(H,24,28)/t14-,23+/m0/s1. The summed E-state index contributed by atoms with van der Waals surface area (Å²) >= 11 is 0. The molecule has 0 bridgehead atoms. The van der Waals surface area contributed by atoms with E-state index in [1.807, 2.05) is 37.3 Å². The zero-order valence-corrected chi connectivity index (χ0v) is 16.2. The normalized spacial score (nSPS) is 24.6. The number of imide groups is 1. The predicted molar refractivity (Wildman–Crippen MR) is 109 cm³/mol. The fraction of sp³-hybridized carbons (Fsp3) is 0.348. The molecule has 1 aliphatic heterocycles. The summed E-state index contributed by atoms with van der Waals surface area (Å²) in [5.41, 5.74) is -0.223. The number of benzene rings is 2. The molecule has 2 atom stereocenters. The highest BCUT2D eigenvalue weighted by Crippen LogP contribution is 2.39. The van der Waals surface area contributed by atoms with Gasteiger partial charge in [0.15, 0.2) is 0 Å². The van der Waals surface area contributed by atoms with E-state index in [1.165, 1.54) is 11.0 Å². The van der Waals surface area contributed by atoms with Crippen LogP contribution in [-0.2, 0) is 11.3 Å². The van der Waals surface area contributed by atoms with Crippen molar-refractivity contribution in [3.63, 3.8) is 0 Å². The molecule has 2 fully saturated rings. The van der Waals surface area contributed by atoms with E-state index in [2.05, 4.69) is 5.32 Å². The molecule has 1 aliphatic carbocycles. The fourth-order valence-corrected chi connectivity index (χ4v) is 4.95. The lowest BCUT2D eigenvalue weighted by atomic mass is 9.73. The van der Waals surface area contributed by atoms with Gasteiger partial charge in [-0.3, -0.25) is 9.69 Å². The minimum Gasteiger partial charge on any atom is -0.423 e. The smallest absolute Gasteiger partial charge is 0.336 e. The van der Waals surface area contributed by atoms with E-state index < -0.39 is 11.2 Å². The molecule has 6 heteroatoms. The van der Waals surface area contributed by atoms with E-state index >= 15 is 0 Å². The van der Waals surface area contributed by atoms with Gasteiger partial charge in [0.05, 0.1) is 6.54 Å². The number of rotatable bonds is 2. The molecule has 1 spiro atoms. The molecule has 1 aromatic heterocycles. The summed E-state index contributed by atoms with van der Waals surface area (Å²) < 4.78 is 5.40. The molecule has 2 heterocycles. The summed E-state index contributed by atoms with van der Waals surface area (Å²) in [6.45, 7) is 2.08. The SMILES string of the molecule is C[C@H]1CCCC[C@@]12NC(=O)N(Cc1cc(=O)oc3ccc4ccccc4c13)C2=O. The first-order valence-corrected chi connectivity index (χ1v) is 10.1. The Morgan fingerprint density at radius 3 is 2.79 bits per heavy atom. The molecule has 0 unspecified atom stereocenters. The van der Waals surface area contributed by atoms with Crippen molar-refractivity contribution in [3.05, 3.63) is 58.4 Å². The topological polar surface area (TPSA) is 79.6 Å². The summed E-state index contributed by atoms with van der Waals surface area (Å²) in [5, 5.41) is 5.67. The van der Waals surface area contributed by atoms with Gasteiger partial charge >= 0.3 is 11.7 Å². The van der Waals surface area contributed by atoms with Crippen molar-refractivity contribution < 1.29 is 14.0 Å². The Labute approximate surface area is 167 Å². The van der Waals surface area contributed by atoms with Gasteiger partial charge < -0.3 is 9.73 Å². The van der Waals surface area contributed by atoms with Crippen molar-refractivity contribution in [2.24, 2.45) is 5.92 Å². The van der Waals surface area contributed by atoms with Crippen molar-refractivity contribution in [1.82, 2.24) is 10.2 Å². The molecule has 29 heavy (non-hydrogen) atoms. The molecule has 1 saturated heterocycles. The Bertz CT molecular complexity index is 1210. The van der Waals surface area contributed by atoms with E-state index in [0.717, 1.165) is 35.4 Å². The minimum atomic E-state index is -0.813. The lowest BCUT2D eigenvalue weighted by molar-refractivity contribution is -0.134.